The fourth-order valence-corrected chi connectivity index (χ4v) is 4.79. The first-order chi connectivity index (χ1) is 13.7. The monoisotopic (exact) mass is 356 g/mol. The molecule has 0 N–H and O–H groups in total. The number of hydrogen-bond acceptors (Lipinski definition) is 0. The molecule has 0 fully saturated rings. The Morgan fingerprint density at radius 1 is 0.357 bits per heavy atom. The molecule has 132 valence electrons. The summed E-state index contributed by atoms with van der Waals surface area (Å²) in [4.78, 5) is 0. The highest BCUT2D eigenvalue weighted by atomic mass is 14.1. The van der Waals surface area contributed by atoms with Gasteiger partial charge in [-0.1, -0.05) is 48.5 Å². The summed E-state index contributed by atoms with van der Waals surface area (Å²) >= 11 is 0. The fraction of sp³-hybridized carbons (Fsp3) is 0.0714. The average molecular weight is 356 g/mol. The molecule has 0 nitrogen and oxygen atoms in total. The van der Waals surface area contributed by atoms with Gasteiger partial charge in [-0.3, -0.25) is 0 Å². The Morgan fingerprint density at radius 2 is 0.714 bits per heavy atom. The molecule has 6 aromatic rings. The smallest absolute Gasteiger partial charge is 0.0139 e. The number of benzene rings is 6. The summed E-state index contributed by atoms with van der Waals surface area (Å²) in [6.07, 6.45) is 0. The van der Waals surface area contributed by atoms with Crippen LogP contribution < -0.4 is 0 Å². The van der Waals surface area contributed by atoms with Crippen LogP contribution >= 0.6 is 0 Å². The van der Waals surface area contributed by atoms with Gasteiger partial charge in [0.05, 0.1) is 0 Å². The summed E-state index contributed by atoms with van der Waals surface area (Å²) in [5.74, 6) is 0. The minimum Gasteiger partial charge on any atom is -0.0616 e. The van der Waals surface area contributed by atoms with Gasteiger partial charge < -0.3 is 0 Å². The largest absolute Gasteiger partial charge is 0.0616 e. The molecule has 0 aromatic heterocycles. The molecule has 6 rings (SSSR count). The second kappa shape index (κ2) is 5.56. The zero-order valence-electron chi connectivity index (χ0n) is 16.1. The van der Waals surface area contributed by atoms with E-state index < -0.39 is 0 Å². The SMILES string of the molecule is Cc1c2ccccc2c(C)c2cc3cc4cc5ccccc5cc4cc3cc12. The molecule has 0 unspecified atom stereocenters. The quantitative estimate of drug-likeness (QED) is 0.241. The van der Waals surface area contributed by atoms with E-state index in [1.807, 2.05) is 0 Å². The predicted molar refractivity (Wildman–Crippen MR) is 123 cm³/mol. The van der Waals surface area contributed by atoms with E-state index in [4.69, 9.17) is 0 Å². The van der Waals surface area contributed by atoms with Crippen molar-refractivity contribution in [3.63, 3.8) is 0 Å². The van der Waals surface area contributed by atoms with E-state index in [1.165, 1.54) is 65.0 Å². The molecule has 28 heavy (non-hydrogen) atoms. The number of rotatable bonds is 0. The maximum Gasteiger partial charge on any atom is -0.0139 e. The Labute approximate surface area is 164 Å². The molecule has 0 atom stereocenters. The first kappa shape index (κ1) is 15.7. The van der Waals surface area contributed by atoms with Crippen molar-refractivity contribution in [2.45, 2.75) is 13.8 Å². The van der Waals surface area contributed by atoms with E-state index in [0.717, 1.165) is 0 Å². The van der Waals surface area contributed by atoms with E-state index in [1.54, 1.807) is 0 Å². The Bertz CT molecular complexity index is 1450. The molecular formula is C28H20. The maximum atomic E-state index is 2.38. The molecule has 0 heterocycles. The van der Waals surface area contributed by atoms with Gasteiger partial charge in [0.2, 0.25) is 0 Å². The van der Waals surface area contributed by atoms with Crippen LogP contribution in [0.3, 0.4) is 0 Å². The fourth-order valence-electron chi connectivity index (χ4n) is 4.79. The zero-order chi connectivity index (χ0) is 18.8. The van der Waals surface area contributed by atoms with E-state index in [9.17, 15) is 0 Å². The van der Waals surface area contributed by atoms with Crippen LogP contribution in [0.1, 0.15) is 11.1 Å². The van der Waals surface area contributed by atoms with Crippen molar-refractivity contribution in [1.82, 2.24) is 0 Å². The normalized spacial score (nSPS) is 11.9. The summed E-state index contributed by atoms with van der Waals surface area (Å²) in [6.45, 7) is 4.51. The van der Waals surface area contributed by atoms with Gasteiger partial charge >= 0.3 is 0 Å². The highest BCUT2D eigenvalue weighted by Gasteiger charge is 2.10. The zero-order valence-corrected chi connectivity index (χ0v) is 16.1. The lowest BCUT2D eigenvalue weighted by Gasteiger charge is -2.14. The topological polar surface area (TPSA) is 0 Å². The molecule has 0 aliphatic heterocycles. The van der Waals surface area contributed by atoms with Gasteiger partial charge in [-0.15, -0.1) is 0 Å². The molecule has 0 amide bonds. The highest BCUT2D eigenvalue weighted by molar-refractivity contribution is 6.13. The minimum atomic E-state index is 1.30. The first-order valence-corrected chi connectivity index (χ1v) is 9.87. The van der Waals surface area contributed by atoms with Gasteiger partial charge in [0, 0.05) is 0 Å². The van der Waals surface area contributed by atoms with Crippen molar-refractivity contribution in [1.29, 1.82) is 0 Å². The summed E-state index contributed by atoms with van der Waals surface area (Å²) in [5, 5.41) is 13.3. The van der Waals surface area contributed by atoms with Crippen molar-refractivity contribution >= 4 is 53.9 Å². The van der Waals surface area contributed by atoms with Gasteiger partial charge in [-0.2, -0.15) is 0 Å². The second-order valence-corrected chi connectivity index (χ2v) is 7.94. The van der Waals surface area contributed by atoms with Gasteiger partial charge in [-0.05, 0) is 115 Å². The van der Waals surface area contributed by atoms with Gasteiger partial charge in [-0.25, -0.2) is 0 Å². The summed E-state index contributed by atoms with van der Waals surface area (Å²) in [7, 11) is 0. The van der Waals surface area contributed by atoms with E-state index in [0.29, 0.717) is 0 Å². The first-order valence-electron chi connectivity index (χ1n) is 9.87. The Hall–Kier alpha value is -3.38. The number of fused-ring (bicyclic) bond motifs is 5. The predicted octanol–water partition coefficient (Wildman–Crippen LogP) is 8.07. The molecule has 0 saturated carbocycles. The lowest BCUT2D eigenvalue weighted by Crippen LogP contribution is -1.89. The molecular weight excluding hydrogens is 336 g/mol. The van der Waals surface area contributed by atoms with Gasteiger partial charge in [0.15, 0.2) is 0 Å². The Kier molecular flexibility index (Phi) is 3.11. The molecule has 0 aliphatic carbocycles. The third kappa shape index (κ3) is 2.12. The molecule has 0 saturated heterocycles. The molecule has 0 spiro atoms. The van der Waals surface area contributed by atoms with Crippen LogP contribution in [0.2, 0.25) is 0 Å². The summed E-state index contributed by atoms with van der Waals surface area (Å²) in [6, 6.07) is 31.5. The lowest BCUT2D eigenvalue weighted by molar-refractivity contribution is 1.53. The maximum absolute atomic E-state index is 2.38. The minimum absolute atomic E-state index is 1.30. The van der Waals surface area contributed by atoms with Crippen LogP contribution in [0.5, 0.6) is 0 Å². The van der Waals surface area contributed by atoms with Crippen molar-refractivity contribution in [3.8, 4) is 0 Å². The molecule has 0 bridgehead atoms. The number of hydrogen-bond donors (Lipinski definition) is 0. The van der Waals surface area contributed by atoms with Crippen molar-refractivity contribution < 1.29 is 0 Å². The van der Waals surface area contributed by atoms with Crippen LogP contribution in [-0.4, -0.2) is 0 Å². The Morgan fingerprint density at radius 3 is 1.18 bits per heavy atom. The molecule has 0 aliphatic rings. The van der Waals surface area contributed by atoms with Crippen LogP contribution in [0.15, 0.2) is 84.9 Å². The van der Waals surface area contributed by atoms with Crippen LogP contribution in [0.4, 0.5) is 0 Å². The number of aryl methyl sites for hydroxylation is 2. The molecule has 0 heteroatoms. The van der Waals surface area contributed by atoms with Gasteiger partial charge in [0.1, 0.15) is 0 Å². The summed E-state index contributed by atoms with van der Waals surface area (Å²) < 4.78 is 0. The molecule has 0 radical (unpaired) electrons. The van der Waals surface area contributed by atoms with E-state index in [2.05, 4.69) is 98.8 Å². The van der Waals surface area contributed by atoms with Crippen molar-refractivity contribution in [2.75, 3.05) is 0 Å². The summed E-state index contributed by atoms with van der Waals surface area (Å²) in [5.41, 5.74) is 2.74. The third-order valence-electron chi connectivity index (χ3n) is 6.34. The van der Waals surface area contributed by atoms with E-state index >= 15 is 0 Å². The van der Waals surface area contributed by atoms with Crippen LogP contribution in [-0.2, 0) is 0 Å². The van der Waals surface area contributed by atoms with E-state index in [-0.39, 0.29) is 0 Å². The Balaban J connectivity index is 1.77. The van der Waals surface area contributed by atoms with Crippen LogP contribution in [0, 0.1) is 13.8 Å². The standard InChI is InChI=1S/C28H20/c1-17-25-9-5-6-10-26(25)18(2)28-16-24-14-22-12-20-8-4-3-7-19(20)11-21(22)13-23(24)15-27(17)28/h3-16H,1-2H3. The third-order valence-corrected chi connectivity index (χ3v) is 6.34. The molecule has 6 aromatic carbocycles. The average Bonchev–Trinajstić information content (AvgIpc) is 2.73. The van der Waals surface area contributed by atoms with Crippen LogP contribution in [0.25, 0.3) is 53.9 Å². The van der Waals surface area contributed by atoms with Gasteiger partial charge in [0.25, 0.3) is 0 Å². The van der Waals surface area contributed by atoms with Crippen molar-refractivity contribution in [3.05, 3.63) is 96.1 Å². The lowest BCUT2D eigenvalue weighted by atomic mass is 9.90. The second-order valence-electron chi connectivity index (χ2n) is 7.94. The van der Waals surface area contributed by atoms with Crippen molar-refractivity contribution in [2.24, 2.45) is 0 Å². The highest BCUT2D eigenvalue weighted by Crippen LogP contribution is 2.36.